The van der Waals surface area contributed by atoms with Crippen LogP contribution in [0.2, 0.25) is 5.02 Å². The molecule has 0 aliphatic carbocycles. The first-order chi connectivity index (χ1) is 18.1. The Bertz CT molecular complexity index is 1160. The van der Waals surface area contributed by atoms with Crippen LogP contribution >= 0.6 is 11.6 Å². The van der Waals surface area contributed by atoms with E-state index in [9.17, 15) is 9.59 Å². The predicted octanol–water partition coefficient (Wildman–Crippen LogP) is 2.77. The fourth-order valence-corrected chi connectivity index (χ4v) is 5.35. The minimum atomic E-state index is -0.929. The molecule has 2 aromatic rings. The SMILES string of the molecule is Cc1cc(OC[C@@]2(CC(=O)N3CCN(C)CC3)CN(C(=O)CCc3c(C)nn(C)c3C)CCO2)ccc1Cl. The molecule has 1 aromatic heterocycles. The average Bonchev–Trinajstić information content (AvgIpc) is 3.14. The van der Waals surface area contributed by atoms with Gasteiger partial charge in [0.1, 0.15) is 18.0 Å². The zero-order chi connectivity index (χ0) is 27.4. The van der Waals surface area contributed by atoms with Gasteiger partial charge in [-0.25, -0.2) is 0 Å². The second-order valence-electron chi connectivity index (χ2n) is 10.7. The van der Waals surface area contributed by atoms with Gasteiger partial charge in [0, 0.05) is 56.9 Å². The molecule has 4 rings (SSSR count). The third-order valence-electron chi connectivity index (χ3n) is 7.81. The number of benzene rings is 1. The molecule has 2 amide bonds. The van der Waals surface area contributed by atoms with E-state index >= 15 is 0 Å². The summed E-state index contributed by atoms with van der Waals surface area (Å²) in [6.45, 7) is 10.3. The van der Waals surface area contributed by atoms with Crippen LogP contribution in [0.1, 0.15) is 35.4 Å². The summed E-state index contributed by atoms with van der Waals surface area (Å²) in [5, 5.41) is 5.14. The van der Waals surface area contributed by atoms with E-state index in [0.717, 1.165) is 35.6 Å². The first kappa shape index (κ1) is 28.4. The average molecular weight is 546 g/mol. The molecule has 1 atom stereocenters. The van der Waals surface area contributed by atoms with E-state index in [-0.39, 0.29) is 24.8 Å². The van der Waals surface area contributed by atoms with Crippen LogP contribution in [0.5, 0.6) is 5.75 Å². The maximum atomic E-state index is 13.4. The van der Waals surface area contributed by atoms with Crippen LogP contribution in [0.4, 0.5) is 0 Å². The lowest BCUT2D eigenvalue weighted by atomic mass is 9.96. The first-order valence-corrected chi connectivity index (χ1v) is 13.7. The van der Waals surface area contributed by atoms with Gasteiger partial charge in [0.25, 0.3) is 0 Å². The number of rotatable bonds is 8. The highest BCUT2D eigenvalue weighted by Gasteiger charge is 2.42. The van der Waals surface area contributed by atoms with E-state index in [1.54, 1.807) is 6.07 Å². The molecule has 9 nitrogen and oxygen atoms in total. The number of hydrogen-bond acceptors (Lipinski definition) is 6. The molecule has 2 fully saturated rings. The number of aryl methyl sites for hydroxylation is 3. The van der Waals surface area contributed by atoms with Gasteiger partial charge in [0.05, 0.1) is 25.3 Å². The van der Waals surface area contributed by atoms with E-state index in [1.807, 2.05) is 54.4 Å². The number of nitrogens with zero attached hydrogens (tertiary/aromatic N) is 5. The molecule has 38 heavy (non-hydrogen) atoms. The number of piperazine rings is 1. The Hall–Kier alpha value is -2.62. The predicted molar refractivity (Wildman–Crippen MR) is 147 cm³/mol. The van der Waals surface area contributed by atoms with Gasteiger partial charge < -0.3 is 24.2 Å². The summed E-state index contributed by atoms with van der Waals surface area (Å²) in [7, 11) is 3.98. The maximum absolute atomic E-state index is 13.4. The van der Waals surface area contributed by atoms with Gasteiger partial charge in [0.2, 0.25) is 11.8 Å². The summed E-state index contributed by atoms with van der Waals surface area (Å²) in [4.78, 5) is 32.7. The fourth-order valence-electron chi connectivity index (χ4n) is 5.24. The van der Waals surface area contributed by atoms with Crippen molar-refractivity contribution in [3.8, 4) is 5.75 Å². The number of ether oxygens (including phenoxy) is 2. The van der Waals surface area contributed by atoms with E-state index < -0.39 is 5.60 Å². The van der Waals surface area contributed by atoms with Crippen molar-refractivity contribution in [1.82, 2.24) is 24.5 Å². The molecule has 2 saturated heterocycles. The topological polar surface area (TPSA) is 80.1 Å². The van der Waals surface area contributed by atoms with Gasteiger partial charge in [0.15, 0.2) is 0 Å². The number of likely N-dealkylation sites (N-methyl/N-ethyl adjacent to an activating group) is 1. The molecule has 0 bridgehead atoms. The highest BCUT2D eigenvalue weighted by molar-refractivity contribution is 6.31. The number of carbonyl (C=O) groups is 2. The van der Waals surface area contributed by atoms with Crippen LogP contribution in [-0.4, -0.2) is 101 Å². The fraction of sp³-hybridized carbons (Fsp3) is 0.607. The number of carbonyl (C=O) groups excluding carboxylic acids is 2. The van der Waals surface area contributed by atoms with Crippen molar-refractivity contribution in [1.29, 1.82) is 0 Å². The molecule has 1 aromatic carbocycles. The molecule has 0 saturated carbocycles. The maximum Gasteiger partial charge on any atom is 0.225 e. The molecule has 0 unspecified atom stereocenters. The minimum absolute atomic E-state index is 0.0323. The van der Waals surface area contributed by atoms with Gasteiger partial charge in [-0.3, -0.25) is 14.3 Å². The van der Waals surface area contributed by atoms with Gasteiger partial charge in [-0.15, -0.1) is 0 Å². The Morgan fingerprint density at radius 2 is 1.79 bits per heavy atom. The number of halogens is 1. The molecule has 10 heteroatoms. The Morgan fingerprint density at radius 3 is 2.45 bits per heavy atom. The lowest BCUT2D eigenvalue weighted by Crippen LogP contribution is -2.59. The molecule has 0 radical (unpaired) electrons. The van der Waals surface area contributed by atoms with E-state index in [1.165, 1.54) is 0 Å². The van der Waals surface area contributed by atoms with Crippen molar-refractivity contribution < 1.29 is 19.1 Å². The van der Waals surface area contributed by atoms with Crippen LogP contribution in [0.3, 0.4) is 0 Å². The van der Waals surface area contributed by atoms with E-state index in [2.05, 4.69) is 17.0 Å². The molecule has 0 N–H and O–H groups in total. The number of hydrogen-bond donors (Lipinski definition) is 0. The second-order valence-corrected chi connectivity index (χ2v) is 11.1. The Morgan fingerprint density at radius 1 is 1.05 bits per heavy atom. The summed E-state index contributed by atoms with van der Waals surface area (Å²) in [6.07, 6.45) is 1.18. The molecular formula is C28H40ClN5O4. The van der Waals surface area contributed by atoms with Crippen LogP contribution in [-0.2, 0) is 27.8 Å². The Balaban J connectivity index is 1.47. The highest BCUT2D eigenvalue weighted by atomic mass is 35.5. The van der Waals surface area contributed by atoms with Crippen molar-refractivity contribution in [2.24, 2.45) is 7.05 Å². The third kappa shape index (κ3) is 6.68. The van der Waals surface area contributed by atoms with Crippen molar-refractivity contribution in [3.63, 3.8) is 0 Å². The zero-order valence-corrected chi connectivity index (χ0v) is 24.0. The first-order valence-electron chi connectivity index (χ1n) is 13.3. The van der Waals surface area contributed by atoms with Gasteiger partial charge in [-0.2, -0.15) is 5.10 Å². The lowest BCUT2D eigenvalue weighted by molar-refractivity contribution is -0.166. The van der Waals surface area contributed by atoms with Crippen molar-refractivity contribution in [3.05, 3.63) is 45.7 Å². The Labute approximate surface area is 230 Å². The monoisotopic (exact) mass is 545 g/mol. The van der Waals surface area contributed by atoms with E-state index in [0.29, 0.717) is 56.4 Å². The van der Waals surface area contributed by atoms with Gasteiger partial charge in [-0.05, 0) is 63.6 Å². The number of morpholine rings is 1. The quantitative estimate of drug-likeness (QED) is 0.507. The lowest BCUT2D eigenvalue weighted by Gasteiger charge is -2.43. The highest BCUT2D eigenvalue weighted by Crippen LogP contribution is 2.28. The summed E-state index contributed by atoms with van der Waals surface area (Å²) < 4.78 is 14.3. The molecule has 3 heterocycles. The third-order valence-corrected chi connectivity index (χ3v) is 8.23. The molecule has 0 spiro atoms. The van der Waals surface area contributed by atoms with Crippen LogP contribution in [0, 0.1) is 20.8 Å². The molecule has 2 aliphatic rings. The van der Waals surface area contributed by atoms with Crippen molar-refractivity contribution in [2.75, 3.05) is 59.5 Å². The van der Waals surface area contributed by atoms with Crippen LogP contribution in [0.15, 0.2) is 18.2 Å². The summed E-state index contributed by atoms with van der Waals surface area (Å²) in [6, 6.07) is 5.49. The minimum Gasteiger partial charge on any atom is -0.490 e. The largest absolute Gasteiger partial charge is 0.490 e. The van der Waals surface area contributed by atoms with Crippen LogP contribution < -0.4 is 4.74 Å². The normalized spacial score (nSPS) is 20.6. The smallest absolute Gasteiger partial charge is 0.225 e. The number of aromatic nitrogens is 2. The zero-order valence-electron chi connectivity index (χ0n) is 23.3. The Kier molecular flexibility index (Phi) is 9.00. The summed E-state index contributed by atoms with van der Waals surface area (Å²) >= 11 is 6.19. The van der Waals surface area contributed by atoms with E-state index in [4.69, 9.17) is 21.1 Å². The molecule has 2 aliphatic heterocycles. The summed E-state index contributed by atoms with van der Waals surface area (Å²) in [5.41, 5.74) is 3.14. The second kappa shape index (κ2) is 12.1. The van der Waals surface area contributed by atoms with Gasteiger partial charge in [-0.1, -0.05) is 11.6 Å². The van der Waals surface area contributed by atoms with Crippen molar-refractivity contribution in [2.45, 2.75) is 45.6 Å². The van der Waals surface area contributed by atoms with Crippen LogP contribution in [0.25, 0.3) is 0 Å². The summed E-state index contributed by atoms with van der Waals surface area (Å²) in [5.74, 6) is 0.743. The number of amides is 2. The molecular weight excluding hydrogens is 506 g/mol. The van der Waals surface area contributed by atoms with Crippen molar-refractivity contribution >= 4 is 23.4 Å². The standard InChI is InChI=1S/C28H40ClN5O4/c1-20-16-23(6-8-25(20)29)37-19-28(17-27(36)33-12-10-31(4)11-13-33)18-34(14-15-38-28)26(35)9-7-24-21(2)30-32(5)22(24)3/h6,8,16H,7,9-15,17-19H2,1-5H3/t28-/m1/s1. The molecule has 208 valence electrons. The van der Waals surface area contributed by atoms with Gasteiger partial charge >= 0.3 is 0 Å².